The minimum absolute atomic E-state index is 0.214. The van der Waals surface area contributed by atoms with Crippen LogP contribution in [0.4, 0.5) is 18.9 Å². The van der Waals surface area contributed by atoms with Gasteiger partial charge in [0.2, 0.25) is 0 Å². The molecule has 2 aromatic carbocycles. The van der Waals surface area contributed by atoms with Crippen molar-refractivity contribution in [2.24, 2.45) is 0 Å². The van der Waals surface area contributed by atoms with E-state index in [-0.39, 0.29) is 12.1 Å². The quantitative estimate of drug-likeness (QED) is 0.658. The topological polar surface area (TPSA) is 24.1 Å². The third-order valence-corrected chi connectivity index (χ3v) is 4.52. The Balaban J connectivity index is 2.06. The monoisotopic (exact) mass is 380 g/mol. The lowest BCUT2D eigenvalue weighted by atomic mass is 10.0. The van der Waals surface area contributed by atoms with Crippen molar-refractivity contribution >= 4 is 23.0 Å². The van der Waals surface area contributed by atoms with E-state index < -0.39 is 11.7 Å². The van der Waals surface area contributed by atoms with Gasteiger partial charge in [0.05, 0.1) is 5.56 Å². The molecule has 0 fully saturated rings. The summed E-state index contributed by atoms with van der Waals surface area (Å²) in [6, 6.07) is 10.5. The van der Waals surface area contributed by atoms with E-state index in [9.17, 15) is 13.2 Å². The third kappa shape index (κ3) is 5.21. The molecule has 0 aromatic heterocycles. The molecule has 0 aliphatic rings. The lowest BCUT2D eigenvalue weighted by Gasteiger charge is -2.16. The van der Waals surface area contributed by atoms with Crippen molar-refractivity contribution in [2.45, 2.75) is 46.3 Å². The Morgan fingerprint density at radius 3 is 2.31 bits per heavy atom. The summed E-state index contributed by atoms with van der Waals surface area (Å²) in [5.41, 5.74) is 3.40. The second-order valence-corrected chi connectivity index (χ2v) is 6.56. The van der Waals surface area contributed by atoms with E-state index in [1.165, 1.54) is 24.6 Å². The Kier molecular flexibility index (Phi) is 6.64. The van der Waals surface area contributed by atoms with Gasteiger partial charge in [-0.3, -0.25) is 0 Å². The summed E-state index contributed by atoms with van der Waals surface area (Å²) < 4.78 is 39.0. The number of thiocarbonyl (C=S) groups is 1. The first-order valence-corrected chi connectivity index (χ1v) is 8.98. The molecular weight excluding hydrogens is 357 g/mol. The van der Waals surface area contributed by atoms with Gasteiger partial charge in [-0.1, -0.05) is 38.1 Å². The van der Waals surface area contributed by atoms with Crippen molar-refractivity contribution < 1.29 is 13.2 Å². The molecule has 0 heterocycles. The SMILES string of the molecule is CCc1ccc(CC)c(NC(=S)NCc2ccc(C)c(C(F)(F)F)c2)c1. The number of aryl methyl sites for hydroxylation is 3. The van der Waals surface area contributed by atoms with Crippen molar-refractivity contribution in [3.05, 3.63) is 64.2 Å². The second-order valence-electron chi connectivity index (χ2n) is 6.15. The molecule has 140 valence electrons. The Morgan fingerprint density at radius 1 is 1.00 bits per heavy atom. The van der Waals surface area contributed by atoms with Gasteiger partial charge in [0.15, 0.2) is 5.11 Å². The maximum absolute atomic E-state index is 13.0. The van der Waals surface area contributed by atoms with Crippen LogP contribution in [0.3, 0.4) is 0 Å². The highest BCUT2D eigenvalue weighted by Gasteiger charge is 2.32. The molecule has 6 heteroatoms. The predicted octanol–water partition coefficient (Wildman–Crippen LogP) is 5.63. The molecule has 2 nitrogen and oxygen atoms in total. The van der Waals surface area contributed by atoms with Gasteiger partial charge in [0.1, 0.15) is 0 Å². The minimum atomic E-state index is -4.35. The van der Waals surface area contributed by atoms with Crippen molar-refractivity contribution in [1.82, 2.24) is 5.32 Å². The molecule has 2 rings (SSSR count). The molecule has 0 spiro atoms. The lowest BCUT2D eigenvalue weighted by molar-refractivity contribution is -0.138. The fourth-order valence-electron chi connectivity index (χ4n) is 2.70. The van der Waals surface area contributed by atoms with E-state index >= 15 is 0 Å². The molecule has 26 heavy (non-hydrogen) atoms. The number of nitrogens with one attached hydrogen (secondary N) is 2. The van der Waals surface area contributed by atoms with Crippen molar-refractivity contribution in [2.75, 3.05) is 5.32 Å². The molecule has 0 saturated carbocycles. The summed E-state index contributed by atoms with van der Waals surface area (Å²) in [7, 11) is 0. The molecule has 0 aliphatic heterocycles. The van der Waals surface area contributed by atoms with Crippen LogP contribution in [0.5, 0.6) is 0 Å². The standard InChI is InChI=1S/C20H23F3N2S/c1-4-14-8-9-16(5-2)18(11-14)25-19(26)24-12-15-7-6-13(3)17(10-15)20(21,22)23/h6-11H,4-5,12H2,1-3H3,(H2,24,25,26). The lowest BCUT2D eigenvalue weighted by Crippen LogP contribution is -2.28. The first-order chi connectivity index (χ1) is 12.2. The van der Waals surface area contributed by atoms with Crippen molar-refractivity contribution in [3.8, 4) is 0 Å². The maximum atomic E-state index is 13.0. The minimum Gasteiger partial charge on any atom is -0.358 e. The van der Waals surface area contributed by atoms with Crippen LogP contribution < -0.4 is 10.6 Å². The average Bonchev–Trinajstić information content (AvgIpc) is 2.60. The van der Waals surface area contributed by atoms with Crippen LogP contribution in [0, 0.1) is 6.92 Å². The van der Waals surface area contributed by atoms with Crippen molar-refractivity contribution in [3.63, 3.8) is 0 Å². The van der Waals surface area contributed by atoms with Gasteiger partial charge in [-0.2, -0.15) is 13.2 Å². The van der Waals surface area contributed by atoms with E-state index in [0.29, 0.717) is 10.7 Å². The van der Waals surface area contributed by atoms with Crippen LogP contribution >= 0.6 is 12.2 Å². The number of benzene rings is 2. The highest BCUT2D eigenvalue weighted by Crippen LogP contribution is 2.32. The number of hydrogen-bond acceptors (Lipinski definition) is 1. The summed E-state index contributed by atoms with van der Waals surface area (Å²) in [5.74, 6) is 0. The largest absolute Gasteiger partial charge is 0.416 e. The molecule has 0 bridgehead atoms. The Morgan fingerprint density at radius 2 is 1.69 bits per heavy atom. The van der Waals surface area contributed by atoms with E-state index in [1.54, 1.807) is 6.07 Å². The van der Waals surface area contributed by atoms with E-state index in [1.807, 2.05) is 0 Å². The first-order valence-electron chi connectivity index (χ1n) is 8.58. The molecule has 0 amide bonds. The summed E-state index contributed by atoms with van der Waals surface area (Å²) >= 11 is 5.31. The van der Waals surface area contributed by atoms with Gasteiger partial charge < -0.3 is 10.6 Å². The van der Waals surface area contributed by atoms with Crippen LogP contribution in [-0.2, 0) is 25.6 Å². The van der Waals surface area contributed by atoms with E-state index in [2.05, 4.69) is 42.7 Å². The molecule has 0 saturated heterocycles. The van der Waals surface area contributed by atoms with Crippen LogP contribution in [0.2, 0.25) is 0 Å². The number of hydrogen-bond donors (Lipinski definition) is 2. The van der Waals surface area contributed by atoms with Crippen molar-refractivity contribution in [1.29, 1.82) is 0 Å². The highest BCUT2D eigenvalue weighted by atomic mass is 32.1. The molecule has 0 unspecified atom stereocenters. The molecule has 2 N–H and O–H groups in total. The summed E-state index contributed by atoms with van der Waals surface area (Å²) in [5, 5.41) is 6.54. The van der Waals surface area contributed by atoms with Gasteiger partial charge in [-0.05, 0) is 66.4 Å². The molecular formula is C20H23F3N2S. The van der Waals surface area contributed by atoms with Crippen LogP contribution in [0.1, 0.15) is 41.7 Å². The Bertz CT molecular complexity index is 785. The zero-order valence-corrected chi connectivity index (χ0v) is 15.9. The molecule has 2 aromatic rings. The van der Waals surface area contributed by atoms with Gasteiger partial charge in [-0.25, -0.2) is 0 Å². The number of alkyl halides is 3. The number of rotatable bonds is 5. The van der Waals surface area contributed by atoms with Crippen LogP contribution in [0.25, 0.3) is 0 Å². The number of anilines is 1. The van der Waals surface area contributed by atoms with Crippen LogP contribution in [0.15, 0.2) is 36.4 Å². The van der Waals surface area contributed by atoms with Crippen LogP contribution in [-0.4, -0.2) is 5.11 Å². The zero-order valence-electron chi connectivity index (χ0n) is 15.1. The fourth-order valence-corrected chi connectivity index (χ4v) is 2.88. The average molecular weight is 380 g/mol. The van der Waals surface area contributed by atoms with Gasteiger partial charge in [-0.15, -0.1) is 0 Å². The van der Waals surface area contributed by atoms with E-state index in [0.717, 1.165) is 24.1 Å². The van der Waals surface area contributed by atoms with Gasteiger partial charge >= 0.3 is 6.18 Å². The Hall–Kier alpha value is -2.08. The number of halogens is 3. The summed E-state index contributed by atoms with van der Waals surface area (Å²) in [4.78, 5) is 0. The summed E-state index contributed by atoms with van der Waals surface area (Å²) in [6.07, 6.45) is -2.57. The predicted molar refractivity (Wildman–Crippen MR) is 104 cm³/mol. The second kappa shape index (κ2) is 8.54. The molecule has 0 atom stereocenters. The fraction of sp³-hybridized carbons (Fsp3) is 0.350. The Labute approximate surface area is 157 Å². The molecule has 0 aliphatic carbocycles. The maximum Gasteiger partial charge on any atom is 0.416 e. The third-order valence-electron chi connectivity index (χ3n) is 4.27. The van der Waals surface area contributed by atoms with E-state index in [4.69, 9.17) is 12.2 Å². The van der Waals surface area contributed by atoms with Gasteiger partial charge in [0.25, 0.3) is 0 Å². The zero-order chi connectivity index (χ0) is 19.3. The normalized spacial score (nSPS) is 11.3. The van der Waals surface area contributed by atoms with Gasteiger partial charge in [0, 0.05) is 12.2 Å². The first kappa shape index (κ1) is 20.2. The smallest absolute Gasteiger partial charge is 0.358 e. The summed E-state index contributed by atoms with van der Waals surface area (Å²) in [6.45, 7) is 5.83. The molecule has 0 radical (unpaired) electrons. The highest BCUT2D eigenvalue weighted by molar-refractivity contribution is 7.80.